The van der Waals surface area contributed by atoms with Crippen molar-refractivity contribution in [3.8, 4) is 5.75 Å². The fourth-order valence-corrected chi connectivity index (χ4v) is 5.13. The average molecular weight is 589 g/mol. The molecule has 0 aromatic heterocycles. The van der Waals surface area contributed by atoms with E-state index < -0.39 is 33.8 Å². The molecule has 0 aliphatic carbocycles. The number of rotatable bonds is 11. The second-order valence-corrected chi connectivity index (χ2v) is 10.6. The van der Waals surface area contributed by atoms with Crippen LogP contribution in [0.4, 0.5) is 11.4 Å². The highest BCUT2D eigenvalue weighted by molar-refractivity contribution is 7.92. The van der Waals surface area contributed by atoms with E-state index in [9.17, 15) is 22.8 Å². The minimum atomic E-state index is -4.14. The van der Waals surface area contributed by atoms with E-state index in [-0.39, 0.29) is 34.2 Å². The molecule has 0 aliphatic rings. The van der Waals surface area contributed by atoms with Crippen LogP contribution in [0.15, 0.2) is 108 Å². The van der Waals surface area contributed by atoms with Gasteiger partial charge in [-0.15, -0.1) is 0 Å². The topological polar surface area (TPSA) is 137 Å². The molecule has 4 aromatic carbocycles. The lowest BCUT2D eigenvalue weighted by Gasteiger charge is -2.22. The van der Waals surface area contributed by atoms with Gasteiger partial charge in [-0.3, -0.25) is 19.1 Å². The lowest BCUT2D eigenvalue weighted by Crippen LogP contribution is -2.26. The van der Waals surface area contributed by atoms with Gasteiger partial charge in [0.15, 0.2) is 5.92 Å². The fraction of sp³-hybridized carbons (Fsp3) is 0.129. The predicted molar refractivity (Wildman–Crippen MR) is 156 cm³/mol. The number of carbonyl (C=O) groups excluding carboxylic acids is 3. The Kier molecular flexibility index (Phi) is 9.56. The summed E-state index contributed by atoms with van der Waals surface area (Å²) in [5.74, 6) is -4.14. The molecule has 0 radical (unpaired) electrons. The predicted octanol–water partition coefficient (Wildman–Crippen LogP) is 4.75. The summed E-state index contributed by atoms with van der Waals surface area (Å²) >= 11 is 0. The van der Waals surface area contributed by atoms with Crippen molar-refractivity contribution in [1.82, 2.24) is 0 Å². The van der Waals surface area contributed by atoms with E-state index in [0.29, 0.717) is 5.56 Å². The number of benzene rings is 4. The Hall–Kier alpha value is -5.16. The quantitative estimate of drug-likeness (QED) is 0.189. The van der Waals surface area contributed by atoms with Crippen molar-refractivity contribution >= 4 is 39.2 Å². The van der Waals surface area contributed by atoms with E-state index in [0.717, 1.165) is 19.8 Å². The second-order valence-electron chi connectivity index (χ2n) is 8.93. The number of sulfonamides is 1. The van der Waals surface area contributed by atoms with Crippen molar-refractivity contribution in [3.05, 3.63) is 120 Å². The number of amides is 1. The van der Waals surface area contributed by atoms with Gasteiger partial charge >= 0.3 is 11.9 Å². The number of hydrogen-bond donors (Lipinski definition) is 2. The van der Waals surface area contributed by atoms with E-state index in [2.05, 4.69) is 10.0 Å². The maximum Gasteiger partial charge on any atom is 0.324 e. The van der Waals surface area contributed by atoms with E-state index in [1.54, 1.807) is 48.5 Å². The summed E-state index contributed by atoms with van der Waals surface area (Å²) in [4.78, 5) is 38.8. The van der Waals surface area contributed by atoms with Gasteiger partial charge in [-0.2, -0.15) is 0 Å². The molecule has 4 aromatic rings. The van der Waals surface area contributed by atoms with Crippen LogP contribution < -0.4 is 14.8 Å². The zero-order valence-electron chi connectivity index (χ0n) is 22.8. The molecule has 0 bridgehead atoms. The van der Waals surface area contributed by atoms with Gasteiger partial charge in [0.1, 0.15) is 12.4 Å². The lowest BCUT2D eigenvalue weighted by atomic mass is 9.96. The number of hydrogen-bond acceptors (Lipinski definition) is 8. The Bertz CT molecular complexity index is 1650. The summed E-state index contributed by atoms with van der Waals surface area (Å²) in [6, 6.07) is 27.6. The molecule has 0 unspecified atom stereocenters. The Morgan fingerprint density at radius 2 is 1.29 bits per heavy atom. The van der Waals surface area contributed by atoms with Gasteiger partial charge < -0.3 is 19.5 Å². The first-order valence-electron chi connectivity index (χ1n) is 12.7. The number of carbonyl (C=O) groups is 3. The Balaban J connectivity index is 1.88. The molecule has 0 aliphatic heterocycles. The lowest BCUT2D eigenvalue weighted by molar-refractivity contribution is -0.154. The third kappa shape index (κ3) is 7.12. The average Bonchev–Trinajstić information content (AvgIpc) is 3.02. The highest BCUT2D eigenvalue weighted by atomic mass is 32.2. The van der Waals surface area contributed by atoms with Gasteiger partial charge in [-0.1, -0.05) is 66.7 Å². The van der Waals surface area contributed by atoms with Crippen LogP contribution in [0.3, 0.4) is 0 Å². The summed E-state index contributed by atoms with van der Waals surface area (Å²) < 4.78 is 44.9. The summed E-state index contributed by atoms with van der Waals surface area (Å²) in [6.07, 6.45) is 0. The standard InChI is InChI=1S/C31H28N2O8S/c1-39-30(35)28(31(36)40-2)24-18-26(33-42(37,38)23-16-10-5-11-17-23)27(41-20-21-12-6-3-7-13-21)19-25(24)32-29(34)22-14-8-4-9-15-22/h3-19,28,33H,20H2,1-2H3,(H,32,34). The summed E-state index contributed by atoms with van der Waals surface area (Å²) in [5, 5.41) is 2.71. The number of nitrogens with one attached hydrogen (secondary N) is 2. The van der Waals surface area contributed by atoms with Crippen LogP contribution in [-0.2, 0) is 35.7 Å². The Morgan fingerprint density at radius 3 is 1.86 bits per heavy atom. The largest absolute Gasteiger partial charge is 0.487 e. The van der Waals surface area contributed by atoms with Crippen LogP contribution in [0.25, 0.3) is 0 Å². The van der Waals surface area contributed by atoms with E-state index in [1.165, 1.54) is 24.3 Å². The summed E-state index contributed by atoms with van der Waals surface area (Å²) in [7, 11) is -1.95. The zero-order chi connectivity index (χ0) is 30.1. The SMILES string of the molecule is COC(=O)C(C(=O)OC)c1cc(NS(=O)(=O)c2ccccc2)c(OCc2ccccc2)cc1NC(=O)c1ccccc1. The fourth-order valence-electron chi connectivity index (χ4n) is 4.05. The molecule has 0 atom stereocenters. The second kappa shape index (κ2) is 13.5. The maximum atomic E-state index is 13.3. The van der Waals surface area contributed by atoms with Gasteiger partial charge in [-0.05, 0) is 35.9 Å². The zero-order valence-corrected chi connectivity index (χ0v) is 23.6. The van der Waals surface area contributed by atoms with Crippen molar-refractivity contribution in [2.24, 2.45) is 0 Å². The summed E-state index contributed by atoms with van der Waals surface area (Å²) in [5.41, 5.74) is 0.943. The molecule has 2 N–H and O–H groups in total. The van der Waals surface area contributed by atoms with Crippen LogP contribution in [-0.4, -0.2) is 40.5 Å². The molecule has 42 heavy (non-hydrogen) atoms. The number of methoxy groups -OCH3 is 2. The first kappa shape index (κ1) is 29.8. The van der Waals surface area contributed by atoms with E-state index in [1.807, 2.05) is 30.3 Å². The number of esters is 2. The molecule has 0 fully saturated rings. The smallest absolute Gasteiger partial charge is 0.324 e. The first-order valence-corrected chi connectivity index (χ1v) is 14.2. The van der Waals surface area contributed by atoms with Crippen molar-refractivity contribution in [2.75, 3.05) is 24.3 Å². The molecular weight excluding hydrogens is 560 g/mol. The van der Waals surface area contributed by atoms with Gasteiger partial charge in [0.2, 0.25) is 0 Å². The Labute approximate surface area is 243 Å². The van der Waals surface area contributed by atoms with Crippen molar-refractivity contribution in [3.63, 3.8) is 0 Å². The molecular formula is C31H28N2O8S. The molecule has 4 rings (SSSR count). The Morgan fingerprint density at radius 1 is 0.738 bits per heavy atom. The van der Waals surface area contributed by atoms with Crippen LogP contribution in [0.5, 0.6) is 5.75 Å². The highest BCUT2D eigenvalue weighted by Gasteiger charge is 2.35. The number of ether oxygens (including phenoxy) is 3. The molecule has 10 nitrogen and oxygen atoms in total. The molecule has 1 amide bonds. The van der Waals surface area contributed by atoms with Crippen LogP contribution in [0.2, 0.25) is 0 Å². The van der Waals surface area contributed by atoms with E-state index in [4.69, 9.17) is 14.2 Å². The molecule has 0 saturated carbocycles. The molecule has 0 spiro atoms. The number of anilines is 2. The molecule has 216 valence electrons. The third-order valence-corrected chi connectivity index (χ3v) is 7.54. The van der Waals surface area contributed by atoms with Gasteiger partial charge in [0.25, 0.3) is 15.9 Å². The van der Waals surface area contributed by atoms with Crippen LogP contribution in [0, 0.1) is 0 Å². The van der Waals surface area contributed by atoms with Gasteiger partial charge in [0, 0.05) is 22.9 Å². The normalized spacial score (nSPS) is 10.9. The van der Waals surface area contributed by atoms with Gasteiger partial charge in [-0.25, -0.2) is 8.42 Å². The minimum Gasteiger partial charge on any atom is -0.487 e. The maximum absolute atomic E-state index is 13.3. The monoisotopic (exact) mass is 588 g/mol. The first-order chi connectivity index (χ1) is 20.2. The highest BCUT2D eigenvalue weighted by Crippen LogP contribution is 2.38. The van der Waals surface area contributed by atoms with Crippen molar-refractivity contribution in [2.45, 2.75) is 17.4 Å². The van der Waals surface area contributed by atoms with Crippen LogP contribution >= 0.6 is 0 Å². The van der Waals surface area contributed by atoms with Crippen LogP contribution in [0.1, 0.15) is 27.4 Å². The molecule has 0 saturated heterocycles. The molecule has 11 heteroatoms. The third-order valence-electron chi connectivity index (χ3n) is 6.16. The summed E-state index contributed by atoms with van der Waals surface area (Å²) in [6.45, 7) is 0.0454. The van der Waals surface area contributed by atoms with Crippen molar-refractivity contribution < 1.29 is 37.0 Å². The van der Waals surface area contributed by atoms with Crippen molar-refractivity contribution in [1.29, 1.82) is 0 Å². The van der Waals surface area contributed by atoms with Gasteiger partial charge in [0.05, 0.1) is 24.8 Å². The van der Waals surface area contributed by atoms with E-state index >= 15 is 0 Å². The molecule has 0 heterocycles. The minimum absolute atomic E-state index is 0.00961.